The minimum absolute atomic E-state index is 0.0130. The molecule has 2 aromatic rings. The van der Waals surface area contributed by atoms with Gasteiger partial charge in [-0.15, -0.1) is 0 Å². The number of benzene rings is 1. The molecule has 43 heavy (non-hydrogen) atoms. The van der Waals surface area contributed by atoms with Crippen molar-refractivity contribution in [1.82, 2.24) is 30.4 Å². The first-order valence-corrected chi connectivity index (χ1v) is 14.9. The van der Waals surface area contributed by atoms with Gasteiger partial charge in [0, 0.05) is 43.5 Å². The number of hydrogen-bond acceptors (Lipinski definition) is 7. The number of carbonyl (C=O) groups is 5. The fourth-order valence-electron chi connectivity index (χ4n) is 6.27. The summed E-state index contributed by atoms with van der Waals surface area (Å²) in [5, 5.41) is 8.69. The molecule has 12 nitrogen and oxygen atoms in total. The number of hydrogen-bond donors (Lipinski definition) is 3. The lowest BCUT2D eigenvalue weighted by Gasteiger charge is -2.31. The number of aryl methyl sites for hydroxylation is 1. The number of rotatable bonds is 11. The van der Waals surface area contributed by atoms with E-state index in [0.29, 0.717) is 30.4 Å². The average molecular weight is 634 g/mol. The Kier molecular flexibility index (Phi) is 8.71. The van der Waals surface area contributed by atoms with Crippen LogP contribution in [0.5, 0.6) is 5.75 Å². The van der Waals surface area contributed by atoms with Crippen molar-refractivity contribution in [2.45, 2.75) is 45.3 Å². The molecule has 14 heteroatoms. The quantitative estimate of drug-likeness (QED) is 0.317. The summed E-state index contributed by atoms with van der Waals surface area (Å²) in [7, 11) is 1.76. The lowest BCUT2D eigenvalue weighted by atomic mass is 9.94. The Balaban J connectivity index is 1.30. The van der Waals surface area contributed by atoms with Crippen molar-refractivity contribution in [1.29, 1.82) is 0 Å². The van der Waals surface area contributed by atoms with E-state index in [0.717, 1.165) is 0 Å². The number of imidazole rings is 1. The van der Waals surface area contributed by atoms with Gasteiger partial charge < -0.3 is 30.2 Å². The van der Waals surface area contributed by atoms with E-state index in [1.807, 2.05) is 13.8 Å². The van der Waals surface area contributed by atoms with E-state index in [4.69, 9.17) is 27.9 Å². The van der Waals surface area contributed by atoms with Crippen molar-refractivity contribution in [2.75, 3.05) is 19.7 Å². The Hall–Kier alpha value is -3.64. The smallest absolute Gasteiger partial charge is 0.289 e. The molecular formula is C29H34Cl2N6O6. The number of carbonyl (C=O) groups excluding carboxylic acids is 5. The van der Waals surface area contributed by atoms with Crippen LogP contribution >= 0.6 is 23.2 Å². The number of ketones is 1. The lowest BCUT2D eigenvalue weighted by Crippen LogP contribution is -2.56. The van der Waals surface area contributed by atoms with Gasteiger partial charge in [-0.25, -0.2) is 4.98 Å². The Morgan fingerprint density at radius 3 is 2.65 bits per heavy atom. The number of aromatic nitrogens is 2. The highest BCUT2D eigenvalue weighted by molar-refractivity contribution is 6.38. The molecule has 0 bridgehead atoms. The zero-order chi connectivity index (χ0) is 31.1. The van der Waals surface area contributed by atoms with Gasteiger partial charge in [0.2, 0.25) is 17.6 Å². The number of piperidine rings is 1. The number of ether oxygens (including phenoxy) is 1. The number of Topliss-reactive ketones (excluding diaryl/α,β-unsaturated/α-hetero) is 1. The van der Waals surface area contributed by atoms with Gasteiger partial charge in [-0.05, 0) is 48.3 Å². The summed E-state index contributed by atoms with van der Waals surface area (Å²) in [6, 6.07) is 2.51. The number of halogens is 2. The predicted molar refractivity (Wildman–Crippen MR) is 156 cm³/mol. The number of nitrogens with zero attached hydrogens (tertiary/aromatic N) is 3. The maximum atomic E-state index is 13.9. The molecule has 5 rings (SSSR count). The zero-order valence-electron chi connectivity index (χ0n) is 24.1. The van der Waals surface area contributed by atoms with Crippen molar-refractivity contribution >= 4 is 52.6 Å². The van der Waals surface area contributed by atoms with E-state index in [-0.39, 0.29) is 53.5 Å². The number of likely N-dealkylation sites (tertiary alicyclic amines) is 1. The van der Waals surface area contributed by atoms with E-state index < -0.39 is 41.5 Å². The van der Waals surface area contributed by atoms with Gasteiger partial charge in [0.15, 0.2) is 6.61 Å². The molecule has 3 N–H and O–H groups in total. The topological polar surface area (TPSA) is 152 Å². The molecule has 1 aliphatic carbocycles. The molecule has 3 aliphatic rings. The highest BCUT2D eigenvalue weighted by Gasteiger charge is 2.69. The maximum Gasteiger partial charge on any atom is 0.289 e. The number of fused-ring (bicyclic) bond motifs is 1. The highest BCUT2D eigenvalue weighted by atomic mass is 35.5. The van der Waals surface area contributed by atoms with Crippen molar-refractivity contribution < 1.29 is 28.7 Å². The summed E-state index contributed by atoms with van der Waals surface area (Å²) < 4.78 is 7.35. The van der Waals surface area contributed by atoms with E-state index >= 15 is 0 Å². The van der Waals surface area contributed by atoms with Gasteiger partial charge in [0.1, 0.15) is 17.6 Å². The largest absolute Gasteiger partial charge is 0.482 e. The van der Waals surface area contributed by atoms with Crippen LogP contribution in [0, 0.1) is 23.2 Å². The molecule has 3 heterocycles. The summed E-state index contributed by atoms with van der Waals surface area (Å²) >= 11 is 12.1. The molecule has 5 atom stereocenters. The van der Waals surface area contributed by atoms with Crippen LogP contribution in [0.4, 0.5) is 0 Å². The third-order valence-corrected chi connectivity index (χ3v) is 9.44. The van der Waals surface area contributed by atoms with Crippen LogP contribution in [0.2, 0.25) is 10.0 Å². The van der Waals surface area contributed by atoms with Crippen LogP contribution in [0.1, 0.15) is 32.5 Å². The van der Waals surface area contributed by atoms with Gasteiger partial charge in [0.25, 0.3) is 11.8 Å². The normalized spacial score (nSPS) is 24.1. The Morgan fingerprint density at radius 1 is 1.23 bits per heavy atom. The third kappa shape index (κ3) is 6.35. The Labute approximate surface area is 258 Å². The van der Waals surface area contributed by atoms with Crippen LogP contribution < -0.4 is 20.7 Å². The first-order valence-electron chi connectivity index (χ1n) is 14.1. The molecule has 0 unspecified atom stereocenters. The van der Waals surface area contributed by atoms with Gasteiger partial charge in [-0.3, -0.25) is 24.0 Å². The van der Waals surface area contributed by atoms with Gasteiger partial charge in [-0.2, -0.15) is 0 Å². The second-order valence-corrected chi connectivity index (χ2v) is 12.7. The fourth-order valence-corrected chi connectivity index (χ4v) is 6.74. The SMILES string of the molecule is Cn1ccnc1CNC(=O)C(=O)[C@H](C[C@@H]1CCNC1=O)NC(=O)[C@@H]1[C@@H]2[C@H](CN1C(=O)COc1ccc(Cl)cc1Cl)C2(C)C. The number of amides is 4. The zero-order valence-corrected chi connectivity index (χ0v) is 25.6. The minimum Gasteiger partial charge on any atom is -0.482 e. The molecule has 1 aromatic carbocycles. The van der Waals surface area contributed by atoms with E-state index in [1.165, 1.54) is 11.0 Å². The van der Waals surface area contributed by atoms with Gasteiger partial charge >= 0.3 is 0 Å². The second-order valence-electron chi connectivity index (χ2n) is 11.9. The second kappa shape index (κ2) is 12.2. The molecule has 230 valence electrons. The van der Waals surface area contributed by atoms with E-state index in [1.54, 1.807) is 36.1 Å². The van der Waals surface area contributed by atoms with Crippen molar-refractivity contribution in [3.05, 3.63) is 46.5 Å². The summed E-state index contributed by atoms with van der Waals surface area (Å²) in [6.45, 7) is 4.52. The van der Waals surface area contributed by atoms with Crippen LogP contribution in [-0.4, -0.2) is 75.6 Å². The van der Waals surface area contributed by atoms with Crippen molar-refractivity contribution in [2.24, 2.45) is 30.2 Å². The summed E-state index contributed by atoms with van der Waals surface area (Å²) in [6.07, 6.45) is 3.72. The molecule has 4 amide bonds. The Morgan fingerprint density at radius 2 is 2.00 bits per heavy atom. The minimum atomic E-state index is -1.26. The molecule has 2 aliphatic heterocycles. The van der Waals surface area contributed by atoms with Crippen LogP contribution in [0.3, 0.4) is 0 Å². The molecule has 0 radical (unpaired) electrons. The molecule has 1 aromatic heterocycles. The molecule has 0 spiro atoms. The Bertz CT molecular complexity index is 1460. The average Bonchev–Trinajstić information content (AvgIpc) is 3.46. The molecule has 2 saturated heterocycles. The summed E-state index contributed by atoms with van der Waals surface area (Å²) in [5.41, 5.74) is -0.191. The lowest BCUT2D eigenvalue weighted by molar-refractivity contribution is -0.144. The first kappa shape index (κ1) is 30.8. The van der Waals surface area contributed by atoms with Crippen molar-refractivity contribution in [3.63, 3.8) is 0 Å². The van der Waals surface area contributed by atoms with Crippen LogP contribution in [-0.2, 0) is 37.6 Å². The highest BCUT2D eigenvalue weighted by Crippen LogP contribution is 2.64. The molecular weight excluding hydrogens is 599 g/mol. The van der Waals surface area contributed by atoms with Crippen molar-refractivity contribution in [3.8, 4) is 5.75 Å². The van der Waals surface area contributed by atoms with Crippen LogP contribution in [0.15, 0.2) is 30.6 Å². The standard InChI is InChI=1S/C29H34Cl2N6O6/c1-29(2)17-13-37(22(38)14-43-20-5-4-16(30)11-18(20)31)24(23(17)29)27(41)35-19(10-15-6-7-33-26(15)40)25(39)28(42)34-12-21-32-8-9-36(21)3/h4-5,8-9,11,15,17,19,23-24H,6-7,10,12-14H2,1-3H3,(H,33,40)(H,34,42)(H,35,41)/t15-,17-,19-,23-,24-/m0/s1. The molecule has 3 fully saturated rings. The van der Waals surface area contributed by atoms with E-state index in [9.17, 15) is 24.0 Å². The monoisotopic (exact) mass is 632 g/mol. The molecule has 1 saturated carbocycles. The fraction of sp³-hybridized carbons (Fsp3) is 0.517. The predicted octanol–water partition coefficient (Wildman–Crippen LogP) is 1.49. The van der Waals surface area contributed by atoms with Crippen LogP contribution in [0.25, 0.3) is 0 Å². The summed E-state index contributed by atoms with van der Waals surface area (Å²) in [4.78, 5) is 71.4. The van der Waals surface area contributed by atoms with E-state index in [2.05, 4.69) is 20.9 Å². The number of nitrogens with one attached hydrogen (secondary N) is 3. The van der Waals surface area contributed by atoms with Gasteiger partial charge in [-0.1, -0.05) is 37.0 Å². The summed E-state index contributed by atoms with van der Waals surface area (Å²) in [5.74, 6) is -2.75. The third-order valence-electron chi connectivity index (χ3n) is 8.91. The van der Waals surface area contributed by atoms with Gasteiger partial charge in [0.05, 0.1) is 17.6 Å². The maximum absolute atomic E-state index is 13.9. The first-order chi connectivity index (χ1) is 20.4.